The molecule has 9 nitrogen and oxygen atoms in total. The highest BCUT2D eigenvalue weighted by atomic mass is 31.2. The van der Waals surface area contributed by atoms with Crippen LogP contribution >= 0.6 is 7.60 Å². The third kappa shape index (κ3) is 36.9. The second kappa shape index (κ2) is 53.8. The summed E-state index contributed by atoms with van der Waals surface area (Å²) < 4.78 is 52.5. The van der Waals surface area contributed by atoms with Crippen molar-refractivity contribution in [3.05, 3.63) is 36.4 Å². The Hall–Kier alpha value is -3.39. The molecule has 0 amide bonds. The van der Waals surface area contributed by atoms with Gasteiger partial charge in [-0.3, -0.25) is 4.57 Å². The Morgan fingerprint density at radius 2 is 0.352 bits per heavy atom. The SMILES string of the molecule is CCCCCCCCCOc1cc2c3cc(OCCCCCCCCC)c(OCCCCCCCCC)cc3c3cc(OCCCCCCCCCCCCCCCCCCP(=O)(O)O)c(OCCCCCCCCC)cc3c2cc1OCCCCCCCCC. The Labute approximate surface area is 558 Å². The van der Waals surface area contributed by atoms with Gasteiger partial charge in [-0.15, -0.1) is 0 Å². The summed E-state index contributed by atoms with van der Waals surface area (Å²) >= 11 is 0. The lowest BCUT2D eigenvalue weighted by atomic mass is 9.93. The maximum Gasteiger partial charge on any atom is 0.325 e. The monoisotopic (exact) mass is 1290 g/mol. The second-order valence-corrected chi connectivity index (χ2v) is 29.1. The molecule has 0 radical (unpaired) electrons. The van der Waals surface area contributed by atoms with Gasteiger partial charge in [0.2, 0.25) is 0 Å². The van der Waals surface area contributed by atoms with Crippen LogP contribution in [-0.2, 0) is 4.57 Å². The molecule has 0 aliphatic carbocycles. The molecule has 2 N–H and O–H groups in total. The van der Waals surface area contributed by atoms with Crippen LogP contribution in [0, 0.1) is 0 Å². The summed E-state index contributed by atoms with van der Waals surface area (Å²) in [5.41, 5.74) is 0. The Morgan fingerprint density at radius 3 is 0.495 bits per heavy atom. The first-order valence-electron chi connectivity index (χ1n) is 39.1. The minimum absolute atomic E-state index is 0.0308. The normalized spacial score (nSPS) is 11.9. The average molecular weight is 1290 g/mol. The fraction of sp³-hybridized carbons (Fsp3) is 0.778. The molecule has 4 aromatic carbocycles. The zero-order valence-corrected chi connectivity index (χ0v) is 60.6. The van der Waals surface area contributed by atoms with Gasteiger partial charge in [0.1, 0.15) is 0 Å². The molecule has 0 aliphatic heterocycles. The zero-order valence-electron chi connectivity index (χ0n) is 59.7. The average Bonchev–Trinajstić information content (AvgIpc) is 1.69. The van der Waals surface area contributed by atoms with Gasteiger partial charge < -0.3 is 38.2 Å². The number of rotatable bonds is 65. The molecular weight excluding hydrogens is 1150 g/mol. The summed E-state index contributed by atoms with van der Waals surface area (Å²) in [6.45, 7) is 15.4. The Balaban J connectivity index is 1.67. The molecule has 4 aromatic rings. The van der Waals surface area contributed by atoms with E-state index < -0.39 is 7.60 Å². The summed E-state index contributed by atoms with van der Waals surface area (Å²) in [4.78, 5) is 18.1. The van der Waals surface area contributed by atoms with Crippen LogP contribution in [0.25, 0.3) is 32.3 Å². The largest absolute Gasteiger partial charge is 0.490 e. The first-order chi connectivity index (χ1) is 44.7. The molecule has 0 fully saturated rings. The molecule has 0 bridgehead atoms. The van der Waals surface area contributed by atoms with Gasteiger partial charge in [-0.2, -0.15) is 0 Å². The lowest BCUT2D eigenvalue weighted by Gasteiger charge is -2.21. The Morgan fingerprint density at radius 1 is 0.220 bits per heavy atom. The van der Waals surface area contributed by atoms with E-state index in [1.807, 2.05) is 0 Å². The number of ether oxygens (including phenoxy) is 6. The first-order valence-corrected chi connectivity index (χ1v) is 40.9. The minimum Gasteiger partial charge on any atom is -0.490 e. The Bertz CT molecular complexity index is 2380. The van der Waals surface area contributed by atoms with Gasteiger partial charge in [0.15, 0.2) is 34.5 Å². The maximum absolute atomic E-state index is 11.1. The minimum atomic E-state index is -3.84. The molecule has 0 aromatic heterocycles. The third-order valence-corrected chi connectivity index (χ3v) is 19.6. The standard InChI is InChI=1S/C81H139O9P/c1-6-11-16-21-36-43-50-57-85-76-64-70-71-65-77(86-58-51-44-37-22-17-12-7-2)79(88-60-53-46-39-24-19-14-9-4)67-73(71)75-69-81(90-62-55-48-41-34-32-30-28-26-27-29-31-33-35-42-49-56-63-91(82,83)84)80(89-61-54-47-40-25-20-15-10-5)68-74(75)72(70)66-78(76)87-59-52-45-38-23-18-13-8-3/h64-69H,6-63H2,1-5H3,(H2,82,83,84). The molecule has 0 unspecified atom stereocenters. The second-order valence-electron chi connectivity index (χ2n) is 27.3. The molecule has 0 aliphatic rings. The van der Waals surface area contributed by atoms with Crippen molar-refractivity contribution >= 4 is 39.9 Å². The maximum atomic E-state index is 11.1. The molecule has 0 saturated carbocycles. The van der Waals surface area contributed by atoms with E-state index in [9.17, 15) is 4.57 Å². The smallest absolute Gasteiger partial charge is 0.325 e. The van der Waals surface area contributed by atoms with Crippen LogP contribution in [-0.4, -0.2) is 55.6 Å². The van der Waals surface area contributed by atoms with E-state index in [1.54, 1.807) is 0 Å². The van der Waals surface area contributed by atoms with Crippen molar-refractivity contribution in [2.24, 2.45) is 0 Å². The fourth-order valence-electron chi connectivity index (χ4n) is 13.0. The van der Waals surface area contributed by atoms with Crippen LogP contribution in [0.3, 0.4) is 0 Å². The van der Waals surface area contributed by atoms with E-state index in [-0.39, 0.29) is 6.16 Å². The van der Waals surface area contributed by atoms with Crippen LogP contribution < -0.4 is 28.4 Å². The van der Waals surface area contributed by atoms with Crippen LogP contribution in [0.1, 0.15) is 362 Å². The van der Waals surface area contributed by atoms with Crippen LogP contribution in [0.15, 0.2) is 36.4 Å². The fourth-order valence-corrected chi connectivity index (χ4v) is 13.6. The van der Waals surface area contributed by atoms with Crippen molar-refractivity contribution in [2.75, 3.05) is 45.8 Å². The summed E-state index contributed by atoms with van der Waals surface area (Å²) in [6.07, 6.45) is 62.1. The van der Waals surface area contributed by atoms with Gasteiger partial charge in [0.25, 0.3) is 0 Å². The molecule has 522 valence electrons. The van der Waals surface area contributed by atoms with Crippen molar-refractivity contribution in [3.63, 3.8) is 0 Å². The van der Waals surface area contributed by atoms with Crippen LogP contribution in [0.2, 0.25) is 0 Å². The van der Waals surface area contributed by atoms with Gasteiger partial charge in [-0.25, -0.2) is 0 Å². The zero-order chi connectivity index (χ0) is 64.9. The van der Waals surface area contributed by atoms with Crippen molar-refractivity contribution < 1.29 is 42.8 Å². The predicted octanol–water partition coefficient (Wildman–Crippen LogP) is 26.6. The van der Waals surface area contributed by atoms with Gasteiger partial charge in [-0.1, -0.05) is 317 Å². The highest BCUT2D eigenvalue weighted by molar-refractivity contribution is 7.51. The van der Waals surface area contributed by atoms with Crippen molar-refractivity contribution in [1.29, 1.82) is 0 Å². The first kappa shape index (κ1) is 80.0. The predicted molar refractivity (Wildman–Crippen MR) is 393 cm³/mol. The molecule has 0 spiro atoms. The molecular formula is C81H139O9P. The van der Waals surface area contributed by atoms with Crippen LogP contribution in [0.5, 0.6) is 34.5 Å². The number of hydrogen-bond acceptors (Lipinski definition) is 7. The molecule has 0 saturated heterocycles. The molecule has 10 heteroatoms. The lowest BCUT2D eigenvalue weighted by Crippen LogP contribution is -2.05. The lowest BCUT2D eigenvalue weighted by molar-refractivity contribution is 0.258. The summed E-state index contributed by atoms with van der Waals surface area (Å²) in [5, 5.41) is 6.78. The van der Waals surface area contributed by atoms with Gasteiger partial charge in [0.05, 0.1) is 39.6 Å². The molecule has 0 heterocycles. The van der Waals surface area contributed by atoms with Gasteiger partial charge in [-0.05, 0) is 114 Å². The number of fused-ring (bicyclic) bond motifs is 6. The Kier molecular flexibility index (Phi) is 47.3. The number of hydrogen-bond donors (Lipinski definition) is 2. The van der Waals surface area contributed by atoms with E-state index in [2.05, 4.69) is 71.0 Å². The van der Waals surface area contributed by atoms with E-state index in [4.69, 9.17) is 38.2 Å². The molecule has 0 atom stereocenters. The highest BCUT2D eigenvalue weighted by Gasteiger charge is 2.21. The third-order valence-electron chi connectivity index (χ3n) is 18.8. The van der Waals surface area contributed by atoms with Gasteiger partial charge >= 0.3 is 7.60 Å². The van der Waals surface area contributed by atoms with Gasteiger partial charge in [0, 0.05) is 6.16 Å². The van der Waals surface area contributed by atoms with Crippen molar-refractivity contribution in [1.82, 2.24) is 0 Å². The highest BCUT2D eigenvalue weighted by Crippen LogP contribution is 2.48. The molecule has 4 rings (SSSR count). The van der Waals surface area contributed by atoms with Crippen LogP contribution in [0.4, 0.5) is 0 Å². The van der Waals surface area contributed by atoms with E-state index in [1.165, 1.54) is 263 Å². The van der Waals surface area contributed by atoms with E-state index in [0.29, 0.717) is 46.1 Å². The summed E-state index contributed by atoms with van der Waals surface area (Å²) in [6, 6.07) is 13.7. The van der Waals surface area contributed by atoms with E-state index in [0.717, 1.165) is 125 Å². The topological polar surface area (TPSA) is 113 Å². The summed E-state index contributed by atoms with van der Waals surface area (Å²) in [7, 11) is -3.84. The van der Waals surface area contributed by atoms with E-state index >= 15 is 0 Å². The van der Waals surface area contributed by atoms with Crippen molar-refractivity contribution in [2.45, 2.75) is 362 Å². The van der Waals surface area contributed by atoms with Crippen molar-refractivity contribution in [3.8, 4) is 34.5 Å². The summed E-state index contributed by atoms with van der Waals surface area (Å²) in [5.74, 6) is 4.96. The number of unbranched alkanes of at least 4 members (excludes halogenated alkanes) is 45. The molecule has 91 heavy (non-hydrogen) atoms. The number of benzene rings is 4. The quantitative estimate of drug-likeness (QED) is 0.0253.